The van der Waals surface area contributed by atoms with Crippen molar-refractivity contribution >= 4 is 6.29 Å². The quantitative estimate of drug-likeness (QED) is 0.483. The van der Waals surface area contributed by atoms with Crippen LogP contribution >= 0.6 is 0 Å². The highest BCUT2D eigenvalue weighted by molar-refractivity contribution is 5.79. The highest BCUT2D eigenvalue weighted by Gasteiger charge is 1.98. The van der Waals surface area contributed by atoms with E-state index in [2.05, 4.69) is 11.8 Å². The second-order valence-corrected chi connectivity index (χ2v) is 2.40. The summed E-state index contributed by atoms with van der Waals surface area (Å²) in [5, 5.41) is 9.26. The number of aromatic hydroxyl groups is 1. The van der Waals surface area contributed by atoms with Crippen molar-refractivity contribution in [2.45, 2.75) is 0 Å². The van der Waals surface area contributed by atoms with Gasteiger partial charge in [0.15, 0.2) is 6.29 Å². The van der Waals surface area contributed by atoms with Crippen molar-refractivity contribution in [1.82, 2.24) is 0 Å². The Morgan fingerprint density at radius 3 is 2.85 bits per heavy atom. The van der Waals surface area contributed by atoms with Crippen molar-refractivity contribution in [3.8, 4) is 17.6 Å². The van der Waals surface area contributed by atoms with E-state index in [4.69, 9.17) is 5.73 Å². The molecule has 0 aliphatic carbocycles. The predicted molar refractivity (Wildman–Crippen MR) is 49.4 cm³/mol. The Bertz CT molecular complexity index is 374. The van der Waals surface area contributed by atoms with Gasteiger partial charge in [0.05, 0.1) is 12.1 Å². The Morgan fingerprint density at radius 1 is 1.54 bits per heavy atom. The molecule has 0 saturated carbocycles. The Kier molecular flexibility index (Phi) is 3.07. The lowest BCUT2D eigenvalue weighted by Gasteiger charge is -1.96. The minimum Gasteiger partial charge on any atom is -0.507 e. The SMILES string of the molecule is NCC#Cc1ccc(C=O)c(O)c1. The molecule has 66 valence electrons. The summed E-state index contributed by atoms with van der Waals surface area (Å²) in [5.74, 6) is 5.34. The van der Waals surface area contributed by atoms with E-state index >= 15 is 0 Å². The molecule has 3 heteroatoms. The molecule has 0 aliphatic rings. The summed E-state index contributed by atoms with van der Waals surface area (Å²) in [6, 6.07) is 4.61. The maximum absolute atomic E-state index is 10.3. The van der Waals surface area contributed by atoms with E-state index in [9.17, 15) is 9.90 Å². The molecule has 3 N–H and O–H groups in total. The minimum atomic E-state index is -0.0566. The van der Waals surface area contributed by atoms with Crippen molar-refractivity contribution in [2.75, 3.05) is 6.54 Å². The second kappa shape index (κ2) is 4.29. The number of rotatable bonds is 1. The summed E-state index contributed by atoms with van der Waals surface area (Å²) in [6.07, 6.45) is 0.593. The van der Waals surface area contributed by atoms with Crippen LogP contribution < -0.4 is 5.73 Å². The van der Waals surface area contributed by atoms with Gasteiger partial charge in [0.2, 0.25) is 0 Å². The molecule has 0 saturated heterocycles. The van der Waals surface area contributed by atoms with Gasteiger partial charge in [-0.25, -0.2) is 0 Å². The van der Waals surface area contributed by atoms with E-state index < -0.39 is 0 Å². The van der Waals surface area contributed by atoms with Crippen LogP contribution in [0.3, 0.4) is 0 Å². The van der Waals surface area contributed by atoms with Crippen LogP contribution in [0.25, 0.3) is 0 Å². The predicted octanol–water partition coefficient (Wildman–Crippen LogP) is 0.515. The van der Waals surface area contributed by atoms with E-state index in [0.717, 1.165) is 0 Å². The molecule has 1 rings (SSSR count). The molecule has 13 heavy (non-hydrogen) atoms. The van der Waals surface area contributed by atoms with E-state index in [1.54, 1.807) is 6.07 Å². The number of phenolic OH excluding ortho intramolecular Hbond substituents is 1. The zero-order valence-electron chi connectivity index (χ0n) is 6.95. The molecular formula is C10H9NO2. The average molecular weight is 175 g/mol. The third kappa shape index (κ3) is 2.32. The van der Waals surface area contributed by atoms with Crippen LogP contribution in [-0.2, 0) is 0 Å². The largest absolute Gasteiger partial charge is 0.507 e. The van der Waals surface area contributed by atoms with Gasteiger partial charge in [-0.15, -0.1) is 0 Å². The molecule has 0 spiro atoms. The van der Waals surface area contributed by atoms with Crippen LogP contribution in [0, 0.1) is 11.8 Å². The van der Waals surface area contributed by atoms with Gasteiger partial charge in [-0.05, 0) is 18.2 Å². The maximum atomic E-state index is 10.3. The average Bonchev–Trinajstić information content (AvgIpc) is 2.15. The molecule has 0 heterocycles. The Labute approximate surface area is 76.2 Å². The summed E-state index contributed by atoms with van der Waals surface area (Å²) in [6.45, 7) is 0.274. The number of carbonyl (C=O) groups excluding carboxylic acids is 1. The first-order valence-electron chi connectivity index (χ1n) is 3.75. The van der Waals surface area contributed by atoms with Crippen LogP contribution in [0.2, 0.25) is 0 Å². The van der Waals surface area contributed by atoms with Crippen LogP contribution in [0.4, 0.5) is 0 Å². The first-order chi connectivity index (χ1) is 6.27. The van der Waals surface area contributed by atoms with Crippen LogP contribution in [0.15, 0.2) is 18.2 Å². The van der Waals surface area contributed by atoms with Gasteiger partial charge < -0.3 is 10.8 Å². The number of hydrogen-bond acceptors (Lipinski definition) is 3. The molecule has 0 atom stereocenters. The fraction of sp³-hybridized carbons (Fsp3) is 0.100. The number of benzene rings is 1. The van der Waals surface area contributed by atoms with Gasteiger partial charge >= 0.3 is 0 Å². The van der Waals surface area contributed by atoms with Crippen LogP contribution in [0.5, 0.6) is 5.75 Å². The fourth-order valence-electron chi connectivity index (χ4n) is 0.874. The number of hydrogen-bond donors (Lipinski definition) is 2. The van der Waals surface area contributed by atoms with E-state index in [1.807, 2.05) is 0 Å². The molecule has 1 aromatic rings. The lowest BCUT2D eigenvalue weighted by Crippen LogP contribution is -1.93. The van der Waals surface area contributed by atoms with Crippen molar-refractivity contribution in [2.24, 2.45) is 5.73 Å². The monoisotopic (exact) mass is 175 g/mol. The molecule has 0 bridgehead atoms. The standard InChI is InChI=1S/C10H9NO2/c11-5-1-2-8-3-4-9(7-12)10(13)6-8/h3-4,6-7,13H,5,11H2. The molecular weight excluding hydrogens is 166 g/mol. The highest BCUT2D eigenvalue weighted by atomic mass is 16.3. The van der Waals surface area contributed by atoms with Crippen LogP contribution in [0.1, 0.15) is 15.9 Å². The first kappa shape index (κ1) is 9.30. The zero-order valence-corrected chi connectivity index (χ0v) is 6.95. The van der Waals surface area contributed by atoms with Crippen molar-refractivity contribution in [3.63, 3.8) is 0 Å². The molecule has 0 aliphatic heterocycles. The number of nitrogens with two attached hydrogens (primary N) is 1. The van der Waals surface area contributed by atoms with Gasteiger partial charge in [-0.3, -0.25) is 4.79 Å². The topological polar surface area (TPSA) is 63.3 Å². The van der Waals surface area contributed by atoms with E-state index in [0.29, 0.717) is 11.8 Å². The normalized spacial score (nSPS) is 8.69. The highest BCUT2D eigenvalue weighted by Crippen LogP contribution is 2.15. The zero-order chi connectivity index (χ0) is 9.68. The lowest BCUT2D eigenvalue weighted by atomic mass is 10.1. The molecule has 0 amide bonds. The van der Waals surface area contributed by atoms with Crippen molar-refractivity contribution < 1.29 is 9.90 Å². The summed E-state index contributed by atoms with van der Waals surface area (Å²) in [7, 11) is 0. The van der Waals surface area contributed by atoms with Crippen LogP contribution in [-0.4, -0.2) is 17.9 Å². The maximum Gasteiger partial charge on any atom is 0.153 e. The molecule has 0 unspecified atom stereocenters. The van der Waals surface area contributed by atoms with Gasteiger partial charge in [-0.2, -0.15) is 0 Å². The molecule has 0 aromatic heterocycles. The third-order valence-electron chi connectivity index (χ3n) is 1.49. The second-order valence-electron chi connectivity index (χ2n) is 2.40. The van der Waals surface area contributed by atoms with Gasteiger partial charge in [-0.1, -0.05) is 11.8 Å². The third-order valence-corrected chi connectivity index (χ3v) is 1.49. The Morgan fingerprint density at radius 2 is 2.31 bits per heavy atom. The van der Waals surface area contributed by atoms with Crippen molar-refractivity contribution in [3.05, 3.63) is 29.3 Å². The fourth-order valence-corrected chi connectivity index (χ4v) is 0.874. The number of aldehydes is 1. The summed E-state index contributed by atoms with van der Waals surface area (Å²) in [5.41, 5.74) is 6.09. The number of phenols is 1. The van der Waals surface area contributed by atoms with Crippen molar-refractivity contribution in [1.29, 1.82) is 0 Å². The Hall–Kier alpha value is -1.79. The molecule has 3 nitrogen and oxygen atoms in total. The summed E-state index contributed by atoms with van der Waals surface area (Å²) >= 11 is 0. The summed E-state index contributed by atoms with van der Waals surface area (Å²) < 4.78 is 0. The smallest absolute Gasteiger partial charge is 0.153 e. The molecule has 0 radical (unpaired) electrons. The number of carbonyl (C=O) groups is 1. The first-order valence-corrected chi connectivity index (χ1v) is 3.75. The van der Waals surface area contributed by atoms with E-state index in [-0.39, 0.29) is 17.9 Å². The van der Waals surface area contributed by atoms with Gasteiger partial charge in [0, 0.05) is 5.56 Å². The minimum absolute atomic E-state index is 0.0566. The van der Waals surface area contributed by atoms with Gasteiger partial charge in [0.25, 0.3) is 0 Å². The van der Waals surface area contributed by atoms with Gasteiger partial charge in [0.1, 0.15) is 5.75 Å². The molecule has 0 fully saturated rings. The summed E-state index contributed by atoms with van der Waals surface area (Å²) in [4.78, 5) is 10.3. The van der Waals surface area contributed by atoms with E-state index in [1.165, 1.54) is 12.1 Å². The molecule has 1 aromatic carbocycles. The Balaban J connectivity index is 3.02. The lowest BCUT2D eigenvalue weighted by molar-refractivity contribution is 0.112.